The molecule has 4 nitrogen and oxygen atoms in total. The van der Waals surface area contributed by atoms with Crippen molar-refractivity contribution in [1.29, 1.82) is 0 Å². The normalized spacial score (nSPS) is 14.2. The smallest absolute Gasteiger partial charge is 0.314 e. The SMILES string of the molecule is COC(OC)C(C)C(=O)OC(C)(C)C. The maximum absolute atomic E-state index is 11.5. The van der Waals surface area contributed by atoms with Gasteiger partial charge in [0, 0.05) is 14.2 Å². The second-order valence-corrected chi connectivity index (χ2v) is 4.16. The van der Waals surface area contributed by atoms with Crippen LogP contribution in [-0.4, -0.2) is 32.1 Å². The van der Waals surface area contributed by atoms with Crippen molar-refractivity contribution in [2.75, 3.05) is 14.2 Å². The molecule has 0 radical (unpaired) electrons. The summed E-state index contributed by atoms with van der Waals surface area (Å²) in [5, 5.41) is 0. The molecule has 0 saturated heterocycles. The van der Waals surface area contributed by atoms with E-state index in [0.29, 0.717) is 0 Å². The van der Waals surface area contributed by atoms with Gasteiger partial charge in [0.1, 0.15) is 11.5 Å². The van der Waals surface area contributed by atoms with Crippen molar-refractivity contribution in [3.8, 4) is 0 Å². The number of esters is 1. The zero-order valence-corrected chi connectivity index (χ0v) is 9.79. The fourth-order valence-corrected chi connectivity index (χ4v) is 1.01. The zero-order chi connectivity index (χ0) is 11.4. The number of methoxy groups -OCH3 is 2. The van der Waals surface area contributed by atoms with E-state index in [1.807, 2.05) is 20.8 Å². The highest BCUT2D eigenvalue weighted by atomic mass is 16.7. The summed E-state index contributed by atoms with van der Waals surface area (Å²) in [6.07, 6.45) is -0.551. The Morgan fingerprint density at radius 3 is 1.86 bits per heavy atom. The van der Waals surface area contributed by atoms with E-state index >= 15 is 0 Å². The summed E-state index contributed by atoms with van der Waals surface area (Å²) in [4.78, 5) is 11.5. The minimum atomic E-state index is -0.551. The molecular weight excluding hydrogens is 184 g/mol. The molecule has 0 fully saturated rings. The monoisotopic (exact) mass is 204 g/mol. The van der Waals surface area contributed by atoms with E-state index in [1.165, 1.54) is 14.2 Å². The third-order valence-corrected chi connectivity index (χ3v) is 1.65. The standard InChI is InChI=1S/C10H20O4/c1-7(9(12-5)13-6)8(11)14-10(2,3)4/h7,9H,1-6H3. The van der Waals surface area contributed by atoms with Gasteiger partial charge in [0.2, 0.25) is 0 Å². The lowest BCUT2D eigenvalue weighted by atomic mass is 10.1. The van der Waals surface area contributed by atoms with Crippen molar-refractivity contribution < 1.29 is 19.0 Å². The van der Waals surface area contributed by atoms with Crippen molar-refractivity contribution in [3.05, 3.63) is 0 Å². The van der Waals surface area contributed by atoms with Crippen LogP contribution in [0.5, 0.6) is 0 Å². The first-order chi connectivity index (χ1) is 6.31. The van der Waals surface area contributed by atoms with E-state index in [0.717, 1.165) is 0 Å². The van der Waals surface area contributed by atoms with E-state index in [4.69, 9.17) is 14.2 Å². The Bertz CT molecular complexity index is 179. The van der Waals surface area contributed by atoms with Crippen molar-refractivity contribution >= 4 is 5.97 Å². The van der Waals surface area contributed by atoms with Crippen molar-refractivity contribution in [2.24, 2.45) is 5.92 Å². The Labute approximate surface area is 85.5 Å². The third-order valence-electron chi connectivity index (χ3n) is 1.65. The quantitative estimate of drug-likeness (QED) is 0.515. The Balaban J connectivity index is 4.24. The Hall–Kier alpha value is -0.610. The second-order valence-electron chi connectivity index (χ2n) is 4.16. The van der Waals surface area contributed by atoms with Crippen LogP contribution in [0.25, 0.3) is 0 Å². The number of ether oxygens (including phenoxy) is 3. The van der Waals surface area contributed by atoms with Gasteiger partial charge in [-0.15, -0.1) is 0 Å². The summed E-state index contributed by atoms with van der Waals surface area (Å²) in [5.41, 5.74) is -0.475. The van der Waals surface area contributed by atoms with E-state index in [9.17, 15) is 4.79 Å². The van der Waals surface area contributed by atoms with Gasteiger partial charge in [-0.05, 0) is 27.7 Å². The van der Waals surface area contributed by atoms with Crippen LogP contribution in [0.2, 0.25) is 0 Å². The molecule has 1 unspecified atom stereocenters. The van der Waals surface area contributed by atoms with Gasteiger partial charge >= 0.3 is 5.97 Å². The average molecular weight is 204 g/mol. The summed E-state index contributed by atoms with van der Waals surface area (Å²) < 4.78 is 15.1. The van der Waals surface area contributed by atoms with Crippen LogP contribution in [0.15, 0.2) is 0 Å². The fraction of sp³-hybridized carbons (Fsp3) is 0.900. The molecule has 0 aliphatic carbocycles. The molecule has 0 bridgehead atoms. The first-order valence-corrected chi connectivity index (χ1v) is 4.60. The Morgan fingerprint density at radius 2 is 1.57 bits per heavy atom. The molecule has 84 valence electrons. The van der Waals surface area contributed by atoms with Crippen molar-refractivity contribution in [1.82, 2.24) is 0 Å². The van der Waals surface area contributed by atoms with Crippen LogP contribution >= 0.6 is 0 Å². The molecule has 0 aliphatic rings. The molecule has 0 aromatic rings. The van der Waals surface area contributed by atoms with E-state index in [2.05, 4.69) is 0 Å². The molecule has 1 atom stereocenters. The lowest BCUT2D eigenvalue weighted by molar-refractivity contribution is -0.183. The van der Waals surface area contributed by atoms with Gasteiger partial charge in [-0.2, -0.15) is 0 Å². The van der Waals surface area contributed by atoms with Gasteiger partial charge in [0.05, 0.1) is 0 Å². The molecule has 4 heteroatoms. The summed E-state index contributed by atoms with van der Waals surface area (Å²) in [7, 11) is 2.99. The van der Waals surface area contributed by atoms with E-state index in [1.54, 1.807) is 6.92 Å². The van der Waals surface area contributed by atoms with Crippen LogP contribution in [0.4, 0.5) is 0 Å². The number of rotatable bonds is 4. The van der Waals surface area contributed by atoms with Gasteiger partial charge < -0.3 is 14.2 Å². The molecule has 0 rings (SSSR count). The predicted molar refractivity (Wildman–Crippen MR) is 52.8 cm³/mol. The predicted octanol–water partition coefficient (Wildman–Crippen LogP) is 1.58. The maximum atomic E-state index is 11.5. The highest BCUT2D eigenvalue weighted by molar-refractivity contribution is 5.72. The van der Waals surface area contributed by atoms with Crippen LogP contribution in [-0.2, 0) is 19.0 Å². The topological polar surface area (TPSA) is 44.8 Å². The molecular formula is C10H20O4. The molecule has 0 heterocycles. The maximum Gasteiger partial charge on any atom is 0.314 e. The van der Waals surface area contributed by atoms with Gasteiger partial charge in [-0.1, -0.05) is 0 Å². The second kappa shape index (κ2) is 5.32. The summed E-state index contributed by atoms with van der Waals surface area (Å²) in [5.74, 6) is -0.740. The van der Waals surface area contributed by atoms with Gasteiger partial charge in [-0.25, -0.2) is 0 Å². The van der Waals surface area contributed by atoms with Gasteiger partial charge in [0.15, 0.2) is 6.29 Å². The summed E-state index contributed by atoms with van der Waals surface area (Å²) in [6, 6.07) is 0. The van der Waals surface area contributed by atoms with Crippen LogP contribution in [0.1, 0.15) is 27.7 Å². The highest BCUT2D eigenvalue weighted by Crippen LogP contribution is 2.15. The van der Waals surface area contributed by atoms with Crippen LogP contribution < -0.4 is 0 Å². The Kier molecular flexibility index (Phi) is 5.08. The summed E-state index contributed by atoms with van der Waals surface area (Å²) >= 11 is 0. The molecule has 0 spiro atoms. The molecule has 0 saturated carbocycles. The van der Waals surface area contributed by atoms with Crippen molar-refractivity contribution in [2.45, 2.75) is 39.6 Å². The molecule has 14 heavy (non-hydrogen) atoms. The Morgan fingerprint density at radius 1 is 1.14 bits per heavy atom. The first kappa shape index (κ1) is 13.4. The largest absolute Gasteiger partial charge is 0.460 e. The zero-order valence-electron chi connectivity index (χ0n) is 9.79. The van der Waals surface area contributed by atoms with Crippen molar-refractivity contribution in [3.63, 3.8) is 0 Å². The van der Waals surface area contributed by atoms with Gasteiger partial charge in [-0.3, -0.25) is 4.79 Å². The fourth-order valence-electron chi connectivity index (χ4n) is 1.01. The minimum Gasteiger partial charge on any atom is -0.460 e. The molecule has 0 aromatic heterocycles. The lowest BCUT2D eigenvalue weighted by Crippen LogP contribution is -2.35. The molecule has 0 aliphatic heterocycles. The number of carbonyl (C=O) groups excluding carboxylic acids is 1. The summed E-state index contributed by atoms with van der Waals surface area (Å²) in [6.45, 7) is 7.19. The number of hydrogen-bond donors (Lipinski definition) is 0. The lowest BCUT2D eigenvalue weighted by Gasteiger charge is -2.25. The number of hydrogen-bond acceptors (Lipinski definition) is 4. The molecule has 0 N–H and O–H groups in total. The van der Waals surface area contributed by atoms with E-state index < -0.39 is 17.8 Å². The number of carbonyl (C=O) groups is 1. The van der Waals surface area contributed by atoms with Crippen LogP contribution in [0, 0.1) is 5.92 Å². The highest BCUT2D eigenvalue weighted by Gasteiger charge is 2.28. The van der Waals surface area contributed by atoms with Crippen LogP contribution in [0.3, 0.4) is 0 Å². The first-order valence-electron chi connectivity index (χ1n) is 4.60. The minimum absolute atomic E-state index is 0.314. The van der Waals surface area contributed by atoms with Gasteiger partial charge in [0.25, 0.3) is 0 Å². The average Bonchev–Trinajstić information content (AvgIpc) is 2.03. The molecule has 0 amide bonds. The van der Waals surface area contributed by atoms with E-state index in [-0.39, 0.29) is 5.97 Å². The third kappa shape index (κ3) is 4.58. The molecule has 0 aromatic carbocycles.